The Bertz CT molecular complexity index is 744. The lowest BCUT2D eigenvalue weighted by Crippen LogP contribution is -2.39. The lowest BCUT2D eigenvalue weighted by atomic mass is 10.1. The summed E-state index contributed by atoms with van der Waals surface area (Å²) in [5.41, 5.74) is 1.20. The van der Waals surface area contributed by atoms with Crippen molar-refractivity contribution in [1.29, 1.82) is 0 Å². The molecule has 1 aromatic heterocycles. The number of ether oxygens (including phenoxy) is 2. The van der Waals surface area contributed by atoms with Crippen LogP contribution in [0.25, 0.3) is 0 Å². The number of rotatable bonds is 8. The summed E-state index contributed by atoms with van der Waals surface area (Å²) < 4.78 is 16.3. The van der Waals surface area contributed by atoms with Crippen molar-refractivity contribution in [2.24, 2.45) is 4.99 Å². The molecule has 2 heterocycles. The third-order valence-electron chi connectivity index (χ3n) is 4.40. The van der Waals surface area contributed by atoms with Crippen molar-refractivity contribution >= 4 is 5.96 Å². The molecule has 0 saturated carbocycles. The highest BCUT2D eigenvalue weighted by Gasteiger charge is 2.17. The molecule has 27 heavy (non-hydrogen) atoms. The van der Waals surface area contributed by atoms with E-state index in [0.29, 0.717) is 13.3 Å². The predicted octanol–water partition coefficient (Wildman–Crippen LogP) is 2.41. The van der Waals surface area contributed by atoms with Gasteiger partial charge in [-0.25, -0.2) is 0 Å². The van der Waals surface area contributed by atoms with Gasteiger partial charge in [-0.2, -0.15) is 0 Å². The Morgan fingerprint density at radius 3 is 2.78 bits per heavy atom. The molecular weight excluding hydrogens is 344 g/mol. The zero-order valence-corrected chi connectivity index (χ0v) is 16.2. The summed E-state index contributed by atoms with van der Waals surface area (Å²) in [5.74, 6) is 3.35. The first-order valence-corrected chi connectivity index (χ1v) is 9.28. The monoisotopic (exact) mass is 372 g/mol. The molecule has 3 rings (SSSR count). The van der Waals surface area contributed by atoms with E-state index in [1.54, 1.807) is 6.26 Å². The minimum atomic E-state index is 0.101. The van der Waals surface area contributed by atoms with Gasteiger partial charge in [-0.05, 0) is 57.3 Å². The molecule has 0 saturated heterocycles. The van der Waals surface area contributed by atoms with Gasteiger partial charge in [0.15, 0.2) is 17.5 Å². The maximum absolute atomic E-state index is 5.55. The van der Waals surface area contributed by atoms with E-state index >= 15 is 0 Å². The summed E-state index contributed by atoms with van der Waals surface area (Å²) in [4.78, 5) is 6.84. The van der Waals surface area contributed by atoms with E-state index in [-0.39, 0.29) is 6.04 Å². The molecule has 1 aromatic carbocycles. The lowest BCUT2D eigenvalue weighted by Gasteiger charge is -2.21. The minimum Gasteiger partial charge on any atom is -0.468 e. The van der Waals surface area contributed by atoms with Crippen LogP contribution in [0, 0.1) is 0 Å². The summed E-state index contributed by atoms with van der Waals surface area (Å²) in [7, 11) is 4.06. The van der Waals surface area contributed by atoms with Crippen LogP contribution in [0.4, 0.5) is 0 Å². The van der Waals surface area contributed by atoms with Gasteiger partial charge in [0.25, 0.3) is 0 Å². The Labute approximate surface area is 160 Å². The molecule has 0 aliphatic carbocycles. The number of hydrogen-bond donors (Lipinski definition) is 2. The Hall–Kier alpha value is -2.67. The molecule has 1 atom stereocenters. The summed E-state index contributed by atoms with van der Waals surface area (Å²) in [6.07, 6.45) is 2.57. The zero-order chi connectivity index (χ0) is 19.1. The average molecular weight is 372 g/mol. The largest absolute Gasteiger partial charge is 0.468 e. The van der Waals surface area contributed by atoms with Crippen molar-refractivity contribution in [3.63, 3.8) is 0 Å². The highest BCUT2D eigenvalue weighted by molar-refractivity contribution is 5.79. The second kappa shape index (κ2) is 9.32. The highest BCUT2D eigenvalue weighted by Crippen LogP contribution is 2.32. The quantitative estimate of drug-likeness (QED) is 0.548. The second-order valence-corrected chi connectivity index (χ2v) is 6.58. The maximum Gasteiger partial charge on any atom is 0.231 e. The van der Waals surface area contributed by atoms with Crippen molar-refractivity contribution in [3.8, 4) is 11.5 Å². The van der Waals surface area contributed by atoms with Gasteiger partial charge < -0.3 is 24.5 Å². The molecule has 0 spiro atoms. The third-order valence-corrected chi connectivity index (χ3v) is 4.40. The fourth-order valence-electron chi connectivity index (χ4n) is 2.93. The van der Waals surface area contributed by atoms with Crippen LogP contribution in [0.2, 0.25) is 0 Å². The Balaban J connectivity index is 1.55. The molecule has 7 heteroatoms. The van der Waals surface area contributed by atoms with Crippen molar-refractivity contribution in [2.75, 3.05) is 40.5 Å². The number of nitrogens with zero attached hydrogens (tertiary/aromatic N) is 2. The maximum atomic E-state index is 5.55. The first-order valence-electron chi connectivity index (χ1n) is 9.28. The molecule has 0 amide bonds. The van der Waals surface area contributed by atoms with Gasteiger partial charge in [0.1, 0.15) is 5.76 Å². The number of hydrogen-bond acceptors (Lipinski definition) is 5. The molecule has 0 radical (unpaired) electrons. The van der Waals surface area contributed by atoms with Crippen LogP contribution in [0.3, 0.4) is 0 Å². The number of furan rings is 1. The number of likely N-dealkylation sites (N-methyl/N-ethyl adjacent to an activating group) is 1. The van der Waals surface area contributed by atoms with Crippen LogP contribution < -0.4 is 20.1 Å². The van der Waals surface area contributed by atoms with Gasteiger partial charge in [-0.1, -0.05) is 6.07 Å². The van der Waals surface area contributed by atoms with Crippen molar-refractivity contribution in [3.05, 3.63) is 47.9 Å². The number of nitrogens with one attached hydrogen (secondary N) is 2. The van der Waals surface area contributed by atoms with Gasteiger partial charge >= 0.3 is 0 Å². The van der Waals surface area contributed by atoms with Crippen LogP contribution in [-0.4, -0.2) is 51.4 Å². The number of benzene rings is 1. The van der Waals surface area contributed by atoms with Gasteiger partial charge in [0.05, 0.1) is 18.8 Å². The van der Waals surface area contributed by atoms with E-state index in [0.717, 1.165) is 42.7 Å². The lowest BCUT2D eigenvalue weighted by molar-refractivity contribution is 0.174. The fraction of sp³-hybridized carbons (Fsp3) is 0.450. The van der Waals surface area contributed by atoms with Crippen LogP contribution >= 0.6 is 0 Å². The molecular formula is C20H28N4O3. The predicted molar refractivity (Wildman–Crippen MR) is 105 cm³/mol. The Morgan fingerprint density at radius 2 is 2.04 bits per heavy atom. The van der Waals surface area contributed by atoms with E-state index in [1.807, 2.05) is 38.4 Å². The second-order valence-electron chi connectivity index (χ2n) is 6.58. The van der Waals surface area contributed by atoms with E-state index in [2.05, 4.69) is 28.5 Å². The molecule has 0 fully saturated rings. The SMILES string of the molecule is CCNC(=NCC(c1ccco1)N(C)C)NCCc1ccc2c(c1)OCO2. The van der Waals surface area contributed by atoms with Gasteiger partial charge in [-0.15, -0.1) is 0 Å². The zero-order valence-electron chi connectivity index (χ0n) is 16.2. The summed E-state index contributed by atoms with van der Waals surface area (Å²) in [5, 5.41) is 6.69. The summed E-state index contributed by atoms with van der Waals surface area (Å²) >= 11 is 0. The van der Waals surface area contributed by atoms with Crippen molar-refractivity contribution in [2.45, 2.75) is 19.4 Å². The minimum absolute atomic E-state index is 0.101. The molecule has 1 unspecified atom stereocenters. The van der Waals surface area contributed by atoms with E-state index in [1.165, 1.54) is 5.56 Å². The van der Waals surface area contributed by atoms with Crippen molar-refractivity contribution < 1.29 is 13.9 Å². The van der Waals surface area contributed by atoms with Crippen LogP contribution in [0.1, 0.15) is 24.3 Å². The molecule has 0 bridgehead atoms. The number of guanidine groups is 1. The number of fused-ring (bicyclic) bond motifs is 1. The van der Waals surface area contributed by atoms with Crippen LogP contribution in [0.5, 0.6) is 11.5 Å². The Morgan fingerprint density at radius 1 is 1.19 bits per heavy atom. The molecule has 146 valence electrons. The molecule has 1 aliphatic heterocycles. The molecule has 2 aromatic rings. The van der Waals surface area contributed by atoms with Gasteiger partial charge in [0.2, 0.25) is 6.79 Å². The average Bonchev–Trinajstić information content (AvgIpc) is 3.33. The van der Waals surface area contributed by atoms with Crippen LogP contribution in [-0.2, 0) is 6.42 Å². The summed E-state index contributed by atoms with van der Waals surface area (Å²) in [6.45, 7) is 4.56. The number of aliphatic imine (C=N–C) groups is 1. The van der Waals surface area contributed by atoms with E-state index in [9.17, 15) is 0 Å². The van der Waals surface area contributed by atoms with Gasteiger partial charge in [-0.3, -0.25) is 9.89 Å². The van der Waals surface area contributed by atoms with E-state index in [4.69, 9.17) is 18.9 Å². The van der Waals surface area contributed by atoms with Crippen molar-refractivity contribution in [1.82, 2.24) is 15.5 Å². The van der Waals surface area contributed by atoms with E-state index < -0.39 is 0 Å². The normalized spacial score (nSPS) is 14.4. The van der Waals surface area contributed by atoms with Gasteiger partial charge in [0, 0.05) is 13.1 Å². The smallest absolute Gasteiger partial charge is 0.231 e. The fourth-order valence-corrected chi connectivity index (χ4v) is 2.93. The molecule has 7 nitrogen and oxygen atoms in total. The molecule has 2 N–H and O–H groups in total. The molecule has 1 aliphatic rings. The topological polar surface area (TPSA) is 71.3 Å². The first-order chi connectivity index (χ1) is 13.2. The Kier molecular flexibility index (Phi) is 6.59. The standard InChI is InChI=1S/C20H28N4O3/c1-4-21-20(23-13-16(24(2)3)17-6-5-11-25-17)22-10-9-15-7-8-18-19(12-15)27-14-26-18/h5-8,11-12,16H,4,9-10,13-14H2,1-3H3,(H2,21,22,23). The third kappa shape index (κ3) is 5.17. The highest BCUT2D eigenvalue weighted by atomic mass is 16.7. The first kappa shape index (κ1) is 19.1. The summed E-state index contributed by atoms with van der Waals surface area (Å²) in [6, 6.07) is 10.1. The van der Waals surface area contributed by atoms with Crippen LogP contribution in [0.15, 0.2) is 46.0 Å².